The maximum absolute atomic E-state index is 12.1. The third kappa shape index (κ3) is 4.91. The highest BCUT2D eigenvalue weighted by molar-refractivity contribution is 7.87. The Labute approximate surface area is 105 Å². The molecule has 1 heterocycles. The quantitative estimate of drug-likeness (QED) is 0.784. The number of piperidine rings is 1. The van der Waals surface area contributed by atoms with Gasteiger partial charge in [0.15, 0.2) is 0 Å². The summed E-state index contributed by atoms with van der Waals surface area (Å²) in [6.45, 7) is 9.68. The fraction of sp³-hybridized carbons (Fsp3) is 1.00. The minimum absolute atomic E-state index is 0.283. The maximum atomic E-state index is 12.1. The Bertz CT molecular complexity index is 333. The van der Waals surface area contributed by atoms with Gasteiger partial charge in [-0.15, -0.1) is 0 Å². The number of likely N-dealkylation sites (N-methyl/N-ethyl adjacent to an activating group) is 1. The molecule has 0 aliphatic carbocycles. The summed E-state index contributed by atoms with van der Waals surface area (Å²) in [5, 5.41) is 3.32. The number of nitrogens with one attached hydrogen (secondary N) is 2. The van der Waals surface area contributed by atoms with Gasteiger partial charge in [-0.25, -0.2) is 0 Å². The van der Waals surface area contributed by atoms with Crippen molar-refractivity contribution in [2.24, 2.45) is 0 Å². The van der Waals surface area contributed by atoms with Crippen molar-refractivity contribution >= 4 is 10.2 Å². The molecule has 0 radical (unpaired) electrons. The maximum Gasteiger partial charge on any atom is 0.279 e. The van der Waals surface area contributed by atoms with Crippen LogP contribution in [-0.2, 0) is 10.2 Å². The van der Waals surface area contributed by atoms with Crippen molar-refractivity contribution in [1.82, 2.24) is 14.3 Å². The van der Waals surface area contributed by atoms with Crippen LogP contribution in [0.2, 0.25) is 0 Å². The highest BCUT2D eigenvalue weighted by Gasteiger charge is 2.31. The molecule has 0 spiro atoms. The second kappa shape index (κ2) is 5.65. The second-order valence-corrected chi connectivity index (χ2v) is 7.28. The van der Waals surface area contributed by atoms with E-state index in [4.69, 9.17) is 0 Å². The molecule has 5 nitrogen and oxygen atoms in total. The molecule has 0 aromatic heterocycles. The molecular formula is C11H25N3O2S. The van der Waals surface area contributed by atoms with Gasteiger partial charge in [0.25, 0.3) is 10.2 Å². The lowest BCUT2D eigenvalue weighted by Gasteiger charge is -2.34. The van der Waals surface area contributed by atoms with E-state index in [1.165, 1.54) is 0 Å². The van der Waals surface area contributed by atoms with E-state index in [0.717, 1.165) is 19.4 Å². The van der Waals surface area contributed by atoms with E-state index < -0.39 is 15.7 Å². The van der Waals surface area contributed by atoms with Crippen molar-refractivity contribution in [3.8, 4) is 0 Å². The molecular weight excluding hydrogens is 238 g/mol. The summed E-state index contributed by atoms with van der Waals surface area (Å²) in [5.41, 5.74) is -0.427. The van der Waals surface area contributed by atoms with Crippen LogP contribution in [0.5, 0.6) is 0 Å². The van der Waals surface area contributed by atoms with Crippen LogP contribution < -0.4 is 10.0 Å². The Hall–Kier alpha value is -0.170. The summed E-state index contributed by atoms with van der Waals surface area (Å²) in [6, 6.07) is 0.283. The molecule has 0 aromatic rings. The Kier molecular flexibility index (Phi) is 4.95. The van der Waals surface area contributed by atoms with Crippen molar-refractivity contribution in [2.45, 2.75) is 52.1 Å². The molecule has 1 fully saturated rings. The van der Waals surface area contributed by atoms with Crippen molar-refractivity contribution in [1.29, 1.82) is 0 Å². The predicted molar refractivity (Wildman–Crippen MR) is 70.1 cm³/mol. The molecule has 1 rings (SSSR count). The van der Waals surface area contributed by atoms with E-state index in [1.54, 1.807) is 4.31 Å². The first-order chi connectivity index (χ1) is 7.74. The second-order valence-electron chi connectivity index (χ2n) is 5.61. The lowest BCUT2D eigenvalue weighted by Crippen LogP contribution is -2.54. The summed E-state index contributed by atoms with van der Waals surface area (Å²) >= 11 is 0. The smallest absolute Gasteiger partial charge is 0.279 e. The zero-order chi connectivity index (χ0) is 13.1. The molecule has 1 aliphatic rings. The first-order valence-corrected chi connectivity index (χ1v) is 7.71. The zero-order valence-electron chi connectivity index (χ0n) is 11.3. The highest BCUT2D eigenvalue weighted by atomic mass is 32.2. The van der Waals surface area contributed by atoms with Crippen LogP contribution in [-0.4, -0.2) is 43.9 Å². The predicted octanol–water partition coefficient (Wildman–Crippen LogP) is 0.693. The molecule has 17 heavy (non-hydrogen) atoms. The minimum atomic E-state index is -3.35. The van der Waals surface area contributed by atoms with E-state index in [0.29, 0.717) is 13.1 Å². The molecule has 0 amide bonds. The molecule has 2 N–H and O–H groups in total. The fourth-order valence-corrected chi connectivity index (χ4v) is 3.72. The van der Waals surface area contributed by atoms with E-state index in [2.05, 4.69) is 10.0 Å². The van der Waals surface area contributed by atoms with Crippen LogP contribution in [0.25, 0.3) is 0 Å². The van der Waals surface area contributed by atoms with E-state index in [1.807, 2.05) is 27.7 Å². The number of rotatable bonds is 4. The third-order valence-corrected chi connectivity index (χ3v) is 4.53. The van der Waals surface area contributed by atoms with Gasteiger partial charge in [0, 0.05) is 24.7 Å². The van der Waals surface area contributed by atoms with E-state index in [9.17, 15) is 8.42 Å². The Morgan fingerprint density at radius 2 is 2.00 bits per heavy atom. The largest absolute Gasteiger partial charge is 0.313 e. The molecule has 1 aliphatic heterocycles. The normalized spacial score (nSPS) is 23.9. The van der Waals surface area contributed by atoms with Crippen LogP contribution in [0.4, 0.5) is 0 Å². The summed E-state index contributed by atoms with van der Waals surface area (Å²) in [5.74, 6) is 0. The molecule has 1 saturated heterocycles. The summed E-state index contributed by atoms with van der Waals surface area (Å²) in [6.07, 6.45) is 1.97. The van der Waals surface area contributed by atoms with Crippen molar-refractivity contribution in [2.75, 3.05) is 19.6 Å². The summed E-state index contributed by atoms with van der Waals surface area (Å²) in [7, 11) is -3.35. The first-order valence-electron chi connectivity index (χ1n) is 6.27. The van der Waals surface area contributed by atoms with Crippen molar-refractivity contribution < 1.29 is 8.42 Å². The Balaban J connectivity index is 2.65. The summed E-state index contributed by atoms with van der Waals surface area (Å²) in [4.78, 5) is 0. The number of hydrogen-bond donors (Lipinski definition) is 2. The Morgan fingerprint density at radius 3 is 2.53 bits per heavy atom. The van der Waals surface area contributed by atoms with Crippen LogP contribution >= 0.6 is 0 Å². The molecule has 0 aromatic carbocycles. The van der Waals surface area contributed by atoms with Crippen molar-refractivity contribution in [3.05, 3.63) is 0 Å². The van der Waals surface area contributed by atoms with Crippen LogP contribution in [0, 0.1) is 0 Å². The standard InChI is InChI=1S/C11H25N3O2S/c1-5-12-10-7-6-8-14(9-10)17(15,16)13-11(2,3)4/h10,12-13H,5-9H2,1-4H3. The van der Waals surface area contributed by atoms with Gasteiger partial charge in [-0.3, -0.25) is 0 Å². The highest BCUT2D eigenvalue weighted by Crippen LogP contribution is 2.15. The van der Waals surface area contributed by atoms with Gasteiger partial charge in [-0.1, -0.05) is 6.92 Å². The van der Waals surface area contributed by atoms with Gasteiger partial charge in [0.05, 0.1) is 0 Å². The van der Waals surface area contributed by atoms with Gasteiger partial charge in [0.2, 0.25) is 0 Å². The van der Waals surface area contributed by atoms with Gasteiger partial charge in [-0.2, -0.15) is 17.4 Å². The molecule has 6 heteroatoms. The number of nitrogens with zero attached hydrogens (tertiary/aromatic N) is 1. The van der Waals surface area contributed by atoms with E-state index >= 15 is 0 Å². The SMILES string of the molecule is CCNC1CCCN(S(=O)(=O)NC(C)(C)C)C1. The average Bonchev–Trinajstić information content (AvgIpc) is 2.15. The van der Waals surface area contributed by atoms with E-state index in [-0.39, 0.29) is 6.04 Å². The molecule has 0 saturated carbocycles. The van der Waals surface area contributed by atoms with Gasteiger partial charge < -0.3 is 5.32 Å². The fourth-order valence-electron chi connectivity index (χ4n) is 2.07. The first kappa shape index (κ1) is 14.9. The lowest BCUT2D eigenvalue weighted by atomic mass is 10.1. The van der Waals surface area contributed by atoms with Gasteiger partial charge in [-0.05, 0) is 40.2 Å². The molecule has 102 valence electrons. The third-order valence-electron chi connectivity index (χ3n) is 2.65. The van der Waals surface area contributed by atoms with Crippen LogP contribution in [0.1, 0.15) is 40.5 Å². The average molecular weight is 263 g/mol. The zero-order valence-corrected chi connectivity index (χ0v) is 12.1. The Morgan fingerprint density at radius 1 is 1.35 bits per heavy atom. The monoisotopic (exact) mass is 263 g/mol. The van der Waals surface area contributed by atoms with Crippen LogP contribution in [0.3, 0.4) is 0 Å². The molecule has 1 atom stereocenters. The van der Waals surface area contributed by atoms with Gasteiger partial charge >= 0.3 is 0 Å². The topological polar surface area (TPSA) is 61.4 Å². The lowest BCUT2D eigenvalue weighted by molar-refractivity contribution is 0.279. The van der Waals surface area contributed by atoms with Gasteiger partial charge in [0.1, 0.15) is 0 Å². The number of hydrogen-bond acceptors (Lipinski definition) is 3. The van der Waals surface area contributed by atoms with Crippen molar-refractivity contribution in [3.63, 3.8) is 0 Å². The summed E-state index contributed by atoms with van der Waals surface area (Å²) < 4.78 is 28.5. The van der Waals surface area contributed by atoms with Crippen LogP contribution in [0.15, 0.2) is 0 Å². The molecule has 1 unspecified atom stereocenters. The molecule has 0 bridgehead atoms. The minimum Gasteiger partial charge on any atom is -0.313 e.